The van der Waals surface area contributed by atoms with Gasteiger partial charge in [0.15, 0.2) is 0 Å². The van der Waals surface area contributed by atoms with E-state index in [1.807, 2.05) is 0 Å². The molecule has 0 spiro atoms. The SMILES string of the molecule is CC(C)(C#N)n1ncc2c(Nc3ncc(C(F)(F)F)c(Cl)n3)cccc21. The summed E-state index contributed by atoms with van der Waals surface area (Å²) in [4.78, 5) is 7.33. The lowest BCUT2D eigenvalue weighted by Crippen LogP contribution is -2.24. The van der Waals surface area contributed by atoms with E-state index in [0.717, 1.165) is 0 Å². The average molecular weight is 381 g/mol. The van der Waals surface area contributed by atoms with Gasteiger partial charge in [-0.15, -0.1) is 0 Å². The molecule has 0 radical (unpaired) electrons. The molecule has 0 atom stereocenters. The Labute approximate surface area is 151 Å². The number of fused-ring (bicyclic) bond motifs is 1. The first-order chi connectivity index (χ1) is 12.1. The smallest absolute Gasteiger partial charge is 0.323 e. The van der Waals surface area contributed by atoms with Gasteiger partial charge in [-0.3, -0.25) is 0 Å². The van der Waals surface area contributed by atoms with Gasteiger partial charge in [-0.05, 0) is 26.0 Å². The maximum absolute atomic E-state index is 12.7. The quantitative estimate of drug-likeness (QED) is 0.677. The van der Waals surface area contributed by atoms with Gasteiger partial charge in [0.1, 0.15) is 16.3 Å². The van der Waals surface area contributed by atoms with Crippen molar-refractivity contribution in [3.8, 4) is 6.07 Å². The van der Waals surface area contributed by atoms with Gasteiger partial charge < -0.3 is 5.32 Å². The highest BCUT2D eigenvalue weighted by atomic mass is 35.5. The summed E-state index contributed by atoms with van der Waals surface area (Å²) in [6, 6.07) is 7.37. The Balaban J connectivity index is 2.01. The lowest BCUT2D eigenvalue weighted by Gasteiger charge is -2.17. The zero-order valence-corrected chi connectivity index (χ0v) is 14.4. The Kier molecular flexibility index (Phi) is 4.24. The molecule has 0 saturated heterocycles. The van der Waals surface area contributed by atoms with Crippen LogP contribution in [0.2, 0.25) is 5.15 Å². The molecule has 0 fully saturated rings. The molecule has 0 bridgehead atoms. The van der Waals surface area contributed by atoms with Crippen LogP contribution in [0.25, 0.3) is 10.9 Å². The molecule has 2 heterocycles. The number of aromatic nitrogens is 4. The maximum Gasteiger partial charge on any atom is 0.420 e. The minimum atomic E-state index is -4.63. The van der Waals surface area contributed by atoms with Gasteiger partial charge in [0.2, 0.25) is 5.95 Å². The molecule has 0 unspecified atom stereocenters. The van der Waals surface area contributed by atoms with Gasteiger partial charge in [-0.1, -0.05) is 17.7 Å². The van der Waals surface area contributed by atoms with Crippen molar-refractivity contribution in [3.05, 3.63) is 41.3 Å². The molecule has 26 heavy (non-hydrogen) atoms. The second-order valence-electron chi connectivity index (χ2n) is 5.99. The summed E-state index contributed by atoms with van der Waals surface area (Å²) >= 11 is 5.62. The van der Waals surface area contributed by atoms with Crippen molar-refractivity contribution in [2.75, 3.05) is 5.32 Å². The lowest BCUT2D eigenvalue weighted by molar-refractivity contribution is -0.137. The Hall–Kier alpha value is -2.86. The fraction of sp³-hybridized carbons (Fsp3) is 0.250. The summed E-state index contributed by atoms with van der Waals surface area (Å²) in [5, 5.41) is 16.4. The average Bonchev–Trinajstić information content (AvgIpc) is 2.99. The summed E-state index contributed by atoms with van der Waals surface area (Å²) < 4.78 is 39.8. The molecule has 6 nitrogen and oxygen atoms in total. The van der Waals surface area contributed by atoms with E-state index in [-0.39, 0.29) is 5.95 Å². The second kappa shape index (κ2) is 6.14. The first kappa shape index (κ1) is 17.9. The Morgan fingerprint density at radius 2 is 1.96 bits per heavy atom. The number of benzene rings is 1. The van der Waals surface area contributed by atoms with Crippen LogP contribution in [0.4, 0.5) is 24.8 Å². The Morgan fingerprint density at radius 1 is 1.23 bits per heavy atom. The van der Waals surface area contributed by atoms with Crippen molar-refractivity contribution in [2.45, 2.75) is 25.6 Å². The van der Waals surface area contributed by atoms with E-state index in [9.17, 15) is 18.4 Å². The number of alkyl halides is 3. The Bertz CT molecular complexity index is 1020. The van der Waals surface area contributed by atoms with Gasteiger partial charge in [0, 0.05) is 11.6 Å². The van der Waals surface area contributed by atoms with Crippen molar-refractivity contribution in [1.29, 1.82) is 5.26 Å². The molecule has 0 amide bonds. The fourth-order valence-electron chi connectivity index (χ4n) is 2.38. The highest BCUT2D eigenvalue weighted by molar-refractivity contribution is 6.30. The summed E-state index contributed by atoms with van der Waals surface area (Å²) in [5.41, 5.74) is -0.765. The monoisotopic (exact) mass is 380 g/mol. The first-order valence-corrected chi connectivity index (χ1v) is 7.76. The van der Waals surface area contributed by atoms with Crippen LogP contribution in [-0.2, 0) is 11.7 Å². The minimum Gasteiger partial charge on any atom is -0.323 e. The van der Waals surface area contributed by atoms with E-state index in [2.05, 4.69) is 26.5 Å². The van der Waals surface area contributed by atoms with Crippen LogP contribution in [0.1, 0.15) is 19.4 Å². The van der Waals surface area contributed by atoms with Crippen LogP contribution < -0.4 is 5.32 Å². The number of nitriles is 1. The largest absolute Gasteiger partial charge is 0.420 e. The first-order valence-electron chi connectivity index (χ1n) is 7.39. The zero-order chi connectivity index (χ0) is 19.1. The number of halogens is 4. The topological polar surface area (TPSA) is 79.4 Å². The molecular weight excluding hydrogens is 369 g/mol. The van der Waals surface area contributed by atoms with Gasteiger partial charge >= 0.3 is 6.18 Å². The van der Waals surface area contributed by atoms with E-state index >= 15 is 0 Å². The predicted molar refractivity (Wildman–Crippen MR) is 90.0 cm³/mol. The van der Waals surface area contributed by atoms with Crippen molar-refractivity contribution in [1.82, 2.24) is 19.7 Å². The predicted octanol–water partition coefficient (Wildman–Crippen LogP) is 4.50. The molecule has 0 aliphatic heterocycles. The maximum atomic E-state index is 12.7. The third-order valence-electron chi connectivity index (χ3n) is 3.71. The molecule has 134 valence electrons. The highest BCUT2D eigenvalue weighted by Gasteiger charge is 2.34. The fourth-order valence-corrected chi connectivity index (χ4v) is 2.62. The van der Waals surface area contributed by atoms with Crippen molar-refractivity contribution >= 4 is 34.1 Å². The normalized spacial score (nSPS) is 12.2. The molecule has 10 heteroatoms. The van der Waals surface area contributed by atoms with E-state index < -0.39 is 22.4 Å². The summed E-state index contributed by atoms with van der Waals surface area (Å²) in [6.07, 6.45) is -2.44. The van der Waals surface area contributed by atoms with Crippen LogP contribution in [0, 0.1) is 11.3 Å². The van der Waals surface area contributed by atoms with Crippen LogP contribution >= 0.6 is 11.6 Å². The molecular formula is C16H12ClF3N6. The van der Waals surface area contributed by atoms with Crippen LogP contribution in [0.5, 0.6) is 0 Å². The molecule has 3 rings (SSSR count). The van der Waals surface area contributed by atoms with Crippen molar-refractivity contribution in [3.63, 3.8) is 0 Å². The van der Waals surface area contributed by atoms with Gasteiger partial charge in [-0.2, -0.15) is 23.5 Å². The zero-order valence-electron chi connectivity index (χ0n) is 13.6. The minimum absolute atomic E-state index is 0.0807. The molecule has 0 saturated carbocycles. The van der Waals surface area contributed by atoms with Crippen LogP contribution in [0.3, 0.4) is 0 Å². The number of anilines is 2. The summed E-state index contributed by atoms with van der Waals surface area (Å²) in [5.74, 6) is -0.0807. The molecule has 1 N–H and O–H groups in total. The third kappa shape index (κ3) is 3.15. The van der Waals surface area contributed by atoms with Gasteiger partial charge in [0.25, 0.3) is 0 Å². The highest BCUT2D eigenvalue weighted by Crippen LogP contribution is 2.34. The Morgan fingerprint density at radius 3 is 2.58 bits per heavy atom. The molecule has 0 aliphatic rings. The number of nitrogens with one attached hydrogen (secondary N) is 1. The number of rotatable bonds is 3. The molecule has 1 aromatic carbocycles. The number of hydrogen-bond acceptors (Lipinski definition) is 5. The van der Waals surface area contributed by atoms with Gasteiger partial charge in [0.05, 0.1) is 23.5 Å². The second-order valence-corrected chi connectivity index (χ2v) is 6.34. The third-order valence-corrected chi connectivity index (χ3v) is 4.00. The molecule has 3 aromatic rings. The van der Waals surface area contributed by atoms with E-state index in [4.69, 9.17) is 11.6 Å². The summed E-state index contributed by atoms with van der Waals surface area (Å²) in [7, 11) is 0. The standard InChI is InChI=1S/C16H12ClF3N6/c1-15(2,8-21)26-12-5-3-4-11(9(12)6-23-26)24-14-22-7-10(13(17)25-14)16(18,19)20/h3-7H,1-2H3,(H,22,24,25). The lowest BCUT2D eigenvalue weighted by atomic mass is 10.1. The van der Waals surface area contributed by atoms with Crippen LogP contribution in [0.15, 0.2) is 30.6 Å². The number of nitrogens with zero attached hydrogens (tertiary/aromatic N) is 5. The number of hydrogen-bond donors (Lipinski definition) is 1. The van der Waals surface area contributed by atoms with E-state index in [1.165, 1.54) is 0 Å². The van der Waals surface area contributed by atoms with Gasteiger partial charge in [-0.25, -0.2) is 14.6 Å². The molecule has 0 aliphatic carbocycles. The van der Waals surface area contributed by atoms with Crippen molar-refractivity contribution in [2.24, 2.45) is 0 Å². The molecule has 2 aromatic heterocycles. The van der Waals surface area contributed by atoms with Crippen molar-refractivity contribution < 1.29 is 13.2 Å². The van der Waals surface area contributed by atoms with Crippen LogP contribution in [-0.4, -0.2) is 19.7 Å². The van der Waals surface area contributed by atoms with E-state index in [0.29, 0.717) is 22.8 Å². The van der Waals surface area contributed by atoms with E-state index in [1.54, 1.807) is 42.9 Å². The summed E-state index contributed by atoms with van der Waals surface area (Å²) in [6.45, 7) is 3.44.